The molecule has 0 bridgehead atoms. The van der Waals surface area contributed by atoms with Crippen molar-refractivity contribution in [3.8, 4) is 0 Å². The number of nitrogens with one attached hydrogen (secondary N) is 1. The third-order valence-electron chi connectivity index (χ3n) is 4.04. The quantitative estimate of drug-likeness (QED) is 0.619. The third kappa shape index (κ3) is 4.60. The van der Waals surface area contributed by atoms with Gasteiger partial charge in [-0.3, -0.25) is 19.9 Å². The van der Waals surface area contributed by atoms with E-state index in [-0.39, 0.29) is 23.8 Å². The number of aromatic nitrogens is 1. The zero-order valence-corrected chi connectivity index (χ0v) is 14.5. The summed E-state index contributed by atoms with van der Waals surface area (Å²) in [6, 6.07) is 8.81. The van der Waals surface area contributed by atoms with Crippen molar-refractivity contribution in [3.63, 3.8) is 0 Å². The number of amides is 1. The fraction of sp³-hybridized carbons (Fsp3) is 0.333. The molecule has 1 aromatic carbocycles. The molecule has 2 aromatic rings. The van der Waals surface area contributed by atoms with Crippen LogP contribution in [0.5, 0.6) is 0 Å². The second-order valence-corrected chi connectivity index (χ2v) is 6.22. The monoisotopic (exact) mass is 342 g/mol. The van der Waals surface area contributed by atoms with E-state index in [1.165, 1.54) is 11.6 Å². The van der Waals surface area contributed by atoms with Gasteiger partial charge in [0, 0.05) is 18.7 Å². The van der Waals surface area contributed by atoms with E-state index in [1.807, 2.05) is 24.3 Å². The number of benzene rings is 1. The maximum Gasteiger partial charge on any atom is 0.288 e. The van der Waals surface area contributed by atoms with E-state index in [9.17, 15) is 14.9 Å². The lowest BCUT2D eigenvalue weighted by atomic mass is 9.99. The summed E-state index contributed by atoms with van der Waals surface area (Å²) < 4.78 is 0. The smallest absolute Gasteiger partial charge is 0.288 e. The standard InChI is InChI=1S/C18H22N4O3/c1-11(2)13-4-6-14(7-5-13)17(19)10-21-18(23)16-8-15(22(24)25)9-20-12(16)3/h4-9,11,17H,10,19H2,1-3H3,(H,21,23). The van der Waals surface area contributed by atoms with E-state index in [1.54, 1.807) is 6.92 Å². The number of carbonyl (C=O) groups excluding carboxylic acids is 1. The third-order valence-corrected chi connectivity index (χ3v) is 4.04. The summed E-state index contributed by atoms with van der Waals surface area (Å²) in [4.78, 5) is 26.4. The van der Waals surface area contributed by atoms with Crippen LogP contribution in [-0.4, -0.2) is 22.4 Å². The molecule has 1 unspecified atom stereocenters. The summed E-state index contributed by atoms with van der Waals surface area (Å²) in [6.07, 6.45) is 1.13. The van der Waals surface area contributed by atoms with E-state index in [0.717, 1.165) is 11.8 Å². The van der Waals surface area contributed by atoms with Gasteiger partial charge < -0.3 is 11.1 Å². The van der Waals surface area contributed by atoms with E-state index in [4.69, 9.17) is 5.73 Å². The number of hydrogen-bond donors (Lipinski definition) is 2. The van der Waals surface area contributed by atoms with E-state index >= 15 is 0 Å². The largest absolute Gasteiger partial charge is 0.350 e. The molecule has 2 rings (SSSR count). The molecule has 0 radical (unpaired) electrons. The van der Waals surface area contributed by atoms with Crippen LogP contribution in [0.2, 0.25) is 0 Å². The lowest BCUT2D eigenvalue weighted by Gasteiger charge is -2.15. The highest BCUT2D eigenvalue weighted by Gasteiger charge is 2.17. The predicted octanol–water partition coefficient (Wildman–Crippen LogP) is 2.85. The van der Waals surface area contributed by atoms with Crippen LogP contribution in [-0.2, 0) is 0 Å². The molecule has 1 aromatic heterocycles. The number of hydrogen-bond acceptors (Lipinski definition) is 5. The highest BCUT2D eigenvalue weighted by atomic mass is 16.6. The molecule has 0 aliphatic heterocycles. The van der Waals surface area contributed by atoms with Crippen LogP contribution in [0.15, 0.2) is 36.5 Å². The molecule has 7 heteroatoms. The van der Waals surface area contributed by atoms with Crippen molar-refractivity contribution in [1.82, 2.24) is 10.3 Å². The van der Waals surface area contributed by atoms with E-state index < -0.39 is 10.8 Å². The van der Waals surface area contributed by atoms with Crippen LogP contribution in [0.3, 0.4) is 0 Å². The van der Waals surface area contributed by atoms with Gasteiger partial charge in [-0.05, 0) is 24.0 Å². The summed E-state index contributed by atoms with van der Waals surface area (Å²) in [5, 5.41) is 13.5. The lowest BCUT2D eigenvalue weighted by molar-refractivity contribution is -0.385. The number of aryl methyl sites for hydroxylation is 1. The van der Waals surface area contributed by atoms with Gasteiger partial charge in [0.2, 0.25) is 0 Å². The van der Waals surface area contributed by atoms with Gasteiger partial charge in [0.05, 0.1) is 16.2 Å². The molecule has 3 N–H and O–H groups in total. The van der Waals surface area contributed by atoms with Crippen LogP contribution in [0.1, 0.15) is 53.0 Å². The average molecular weight is 342 g/mol. The van der Waals surface area contributed by atoms with E-state index in [2.05, 4.69) is 24.1 Å². The van der Waals surface area contributed by atoms with Gasteiger partial charge >= 0.3 is 0 Å². The summed E-state index contributed by atoms with van der Waals surface area (Å²) in [5.41, 5.74) is 8.65. The maximum atomic E-state index is 12.3. The summed E-state index contributed by atoms with van der Waals surface area (Å²) >= 11 is 0. The Hall–Kier alpha value is -2.80. The Bertz CT molecular complexity index is 772. The average Bonchev–Trinajstić information content (AvgIpc) is 2.59. The summed E-state index contributed by atoms with van der Waals surface area (Å²) in [5.74, 6) is 0.0114. The highest BCUT2D eigenvalue weighted by molar-refractivity contribution is 5.95. The molecule has 1 atom stereocenters. The van der Waals surface area contributed by atoms with Crippen molar-refractivity contribution in [1.29, 1.82) is 0 Å². The first-order chi connectivity index (χ1) is 11.8. The van der Waals surface area contributed by atoms with Crippen LogP contribution in [0.25, 0.3) is 0 Å². The minimum absolute atomic E-state index is 0.177. The van der Waals surface area contributed by atoms with Crippen molar-refractivity contribution < 1.29 is 9.72 Å². The Labute approximate surface area is 146 Å². The molecule has 0 saturated carbocycles. The Kier molecular flexibility index (Phi) is 5.82. The predicted molar refractivity (Wildman–Crippen MR) is 95.4 cm³/mol. The zero-order chi connectivity index (χ0) is 18.6. The molecule has 7 nitrogen and oxygen atoms in total. The van der Waals surface area contributed by atoms with Crippen molar-refractivity contribution in [3.05, 3.63) is 69.0 Å². The Morgan fingerprint density at radius 3 is 2.44 bits per heavy atom. The first-order valence-electron chi connectivity index (χ1n) is 8.04. The van der Waals surface area contributed by atoms with Crippen LogP contribution < -0.4 is 11.1 Å². The van der Waals surface area contributed by atoms with Gasteiger partial charge in [-0.1, -0.05) is 38.1 Å². The number of carbonyl (C=O) groups is 1. The lowest BCUT2D eigenvalue weighted by Crippen LogP contribution is -2.32. The van der Waals surface area contributed by atoms with Gasteiger partial charge in [-0.25, -0.2) is 0 Å². The highest BCUT2D eigenvalue weighted by Crippen LogP contribution is 2.18. The zero-order valence-electron chi connectivity index (χ0n) is 14.5. The topological polar surface area (TPSA) is 111 Å². The Balaban J connectivity index is 2.04. The minimum Gasteiger partial charge on any atom is -0.350 e. The molecule has 0 spiro atoms. The molecule has 0 saturated heterocycles. The fourth-order valence-corrected chi connectivity index (χ4v) is 2.40. The normalized spacial score (nSPS) is 12.0. The van der Waals surface area contributed by atoms with Crippen molar-refractivity contribution in [2.45, 2.75) is 32.7 Å². The molecular formula is C18H22N4O3. The van der Waals surface area contributed by atoms with E-state index in [0.29, 0.717) is 11.6 Å². The maximum absolute atomic E-state index is 12.3. The van der Waals surface area contributed by atoms with Gasteiger partial charge in [-0.15, -0.1) is 0 Å². The second-order valence-electron chi connectivity index (χ2n) is 6.22. The molecular weight excluding hydrogens is 320 g/mol. The number of nitrogens with two attached hydrogens (primary N) is 1. The Morgan fingerprint density at radius 1 is 1.28 bits per heavy atom. The molecule has 0 aliphatic rings. The van der Waals surface area contributed by atoms with Crippen LogP contribution in [0, 0.1) is 17.0 Å². The minimum atomic E-state index is -0.578. The molecule has 0 aliphatic carbocycles. The van der Waals surface area contributed by atoms with Crippen molar-refractivity contribution in [2.75, 3.05) is 6.54 Å². The molecule has 132 valence electrons. The van der Waals surface area contributed by atoms with Gasteiger partial charge in [0.15, 0.2) is 0 Å². The van der Waals surface area contributed by atoms with Crippen molar-refractivity contribution in [2.24, 2.45) is 5.73 Å². The summed E-state index contributed by atoms with van der Waals surface area (Å²) in [6.45, 7) is 6.08. The first-order valence-corrected chi connectivity index (χ1v) is 8.04. The number of nitro groups is 1. The van der Waals surface area contributed by atoms with Gasteiger partial charge in [0.1, 0.15) is 6.20 Å². The molecule has 0 fully saturated rings. The van der Waals surface area contributed by atoms with Crippen LogP contribution >= 0.6 is 0 Å². The van der Waals surface area contributed by atoms with Crippen LogP contribution in [0.4, 0.5) is 5.69 Å². The molecule has 1 heterocycles. The van der Waals surface area contributed by atoms with Gasteiger partial charge in [0.25, 0.3) is 11.6 Å². The number of pyridine rings is 1. The fourth-order valence-electron chi connectivity index (χ4n) is 2.40. The number of nitrogens with zero attached hydrogens (tertiary/aromatic N) is 2. The molecule has 1 amide bonds. The van der Waals surface area contributed by atoms with Gasteiger partial charge in [-0.2, -0.15) is 0 Å². The number of rotatable bonds is 6. The Morgan fingerprint density at radius 2 is 1.88 bits per heavy atom. The second kappa shape index (κ2) is 7.85. The molecule has 25 heavy (non-hydrogen) atoms. The van der Waals surface area contributed by atoms with Crippen molar-refractivity contribution >= 4 is 11.6 Å². The first kappa shape index (κ1) is 18.5. The SMILES string of the molecule is Cc1ncc([N+](=O)[O-])cc1C(=O)NCC(N)c1ccc(C(C)C)cc1. The summed E-state index contributed by atoms with van der Waals surface area (Å²) in [7, 11) is 0.